The van der Waals surface area contributed by atoms with E-state index in [4.69, 9.17) is 4.74 Å². The molecular formula is C16H22N4O2. The van der Waals surface area contributed by atoms with E-state index in [2.05, 4.69) is 46.3 Å². The number of ether oxygens (including phenoxy) is 1. The summed E-state index contributed by atoms with van der Waals surface area (Å²) in [6.07, 6.45) is 2.26. The van der Waals surface area contributed by atoms with Crippen LogP contribution in [0.4, 0.5) is 0 Å². The summed E-state index contributed by atoms with van der Waals surface area (Å²) in [5.41, 5.74) is 2.03. The Bertz CT molecular complexity index is 609. The molecule has 6 heteroatoms. The van der Waals surface area contributed by atoms with Crippen molar-refractivity contribution >= 4 is 0 Å². The number of benzene rings is 1. The van der Waals surface area contributed by atoms with Crippen molar-refractivity contribution < 1.29 is 9.84 Å². The first-order valence-electron chi connectivity index (χ1n) is 7.58. The molecule has 0 spiro atoms. The highest BCUT2D eigenvalue weighted by Crippen LogP contribution is 2.30. The van der Waals surface area contributed by atoms with Gasteiger partial charge in [0.05, 0.1) is 6.20 Å². The lowest BCUT2D eigenvalue weighted by Gasteiger charge is -2.21. The molecule has 2 heterocycles. The van der Waals surface area contributed by atoms with E-state index in [1.165, 1.54) is 0 Å². The van der Waals surface area contributed by atoms with Crippen molar-refractivity contribution in [2.24, 2.45) is 0 Å². The van der Waals surface area contributed by atoms with E-state index < -0.39 is 5.60 Å². The molecule has 1 aromatic carbocycles. The molecule has 0 bridgehead atoms. The zero-order valence-electron chi connectivity index (χ0n) is 13.0. The van der Waals surface area contributed by atoms with Gasteiger partial charge in [0.2, 0.25) is 0 Å². The molecule has 0 saturated carbocycles. The molecule has 0 aliphatic carbocycles. The summed E-state index contributed by atoms with van der Waals surface area (Å²) >= 11 is 0. The summed E-state index contributed by atoms with van der Waals surface area (Å²) in [5.74, 6) is 0.966. The number of nitrogens with one attached hydrogen (secondary N) is 1. The van der Waals surface area contributed by atoms with Crippen LogP contribution in [0.5, 0.6) is 5.75 Å². The number of aliphatic hydroxyl groups is 1. The molecule has 1 aliphatic rings. The van der Waals surface area contributed by atoms with E-state index in [0.29, 0.717) is 25.3 Å². The second kappa shape index (κ2) is 6.06. The number of hydrogen-bond donors (Lipinski definition) is 2. The van der Waals surface area contributed by atoms with E-state index in [-0.39, 0.29) is 0 Å². The van der Waals surface area contributed by atoms with Gasteiger partial charge in [-0.1, -0.05) is 18.2 Å². The highest BCUT2D eigenvalue weighted by molar-refractivity contribution is 5.39. The van der Waals surface area contributed by atoms with Crippen molar-refractivity contribution in [3.8, 4) is 5.75 Å². The van der Waals surface area contributed by atoms with Gasteiger partial charge in [-0.25, -0.2) is 0 Å². The van der Waals surface area contributed by atoms with Crippen LogP contribution in [-0.4, -0.2) is 51.7 Å². The smallest absolute Gasteiger partial charge is 0.125 e. The fraction of sp³-hybridized carbons (Fsp3) is 0.500. The van der Waals surface area contributed by atoms with Crippen LogP contribution in [0.25, 0.3) is 0 Å². The van der Waals surface area contributed by atoms with Gasteiger partial charge in [-0.2, -0.15) is 15.4 Å². The van der Waals surface area contributed by atoms with Crippen LogP contribution in [0.15, 0.2) is 24.4 Å². The van der Waals surface area contributed by atoms with Crippen molar-refractivity contribution in [1.82, 2.24) is 20.3 Å². The van der Waals surface area contributed by atoms with Crippen molar-refractivity contribution in [3.05, 3.63) is 41.2 Å². The maximum absolute atomic E-state index is 10.6. The standard InChI is InChI=1S/C16H22N4O2/c1-12-4-3-5-13(2)15(12)22-9-8-20-7-6-16(21,11-20)14-10-17-19-18-14/h3-5,10,21H,6-9,11H2,1-2H3,(H,17,18,19). The molecule has 1 aliphatic heterocycles. The van der Waals surface area contributed by atoms with E-state index in [0.717, 1.165) is 30.0 Å². The van der Waals surface area contributed by atoms with Crippen LogP contribution >= 0.6 is 0 Å². The topological polar surface area (TPSA) is 74.3 Å². The first-order valence-corrected chi connectivity index (χ1v) is 7.58. The Morgan fingerprint density at radius 3 is 2.82 bits per heavy atom. The molecule has 1 unspecified atom stereocenters. The Balaban J connectivity index is 1.53. The summed E-state index contributed by atoms with van der Waals surface area (Å²) < 4.78 is 5.93. The normalized spacial score (nSPS) is 22.1. The van der Waals surface area contributed by atoms with Gasteiger partial charge in [-0.15, -0.1) is 0 Å². The molecule has 118 valence electrons. The Hall–Kier alpha value is -1.92. The van der Waals surface area contributed by atoms with Gasteiger partial charge in [-0.05, 0) is 31.4 Å². The molecule has 2 aromatic rings. The summed E-state index contributed by atoms with van der Waals surface area (Å²) in [6.45, 7) is 6.91. The number of aromatic nitrogens is 3. The number of nitrogens with zero attached hydrogens (tertiary/aromatic N) is 3. The highest BCUT2D eigenvalue weighted by atomic mass is 16.5. The highest BCUT2D eigenvalue weighted by Gasteiger charge is 2.39. The molecule has 1 atom stereocenters. The minimum Gasteiger partial charge on any atom is -0.492 e. The summed E-state index contributed by atoms with van der Waals surface area (Å²) in [7, 11) is 0. The third kappa shape index (κ3) is 2.98. The second-order valence-corrected chi connectivity index (χ2v) is 5.98. The number of H-pyrrole nitrogens is 1. The van der Waals surface area contributed by atoms with Gasteiger partial charge in [0.25, 0.3) is 0 Å². The van der Waals surface area contributed by atoms with Crippen LogP contribution < -0.4 is 4.74 Å². The van der Waals surface area contributed by atoms with Crippen LogP contribution in [0.2, 0.25) is 0 Å². The quantitative estimate of drug-likeness (QED) is 0.873. The monoisotopic (exact) mass is 302 g/mol. The number of aromatic amines is 1. The first kappa shape index (κ1) is 15.0. The van der Waals surface area contributed by atoms with Crippen LogP contribution in [0.3, 0.4) is 0 Å². The molecule has 6 nitrogen and oxygen atoms in total. The zero-order chi connectivity index (χ0) is 15.6. The molecule has 1 saturated heterocycles. The van der Waals surface area contributed by atoms with E-state index in [1.54, 1.807) is 6.20 Å². The van der Waals surface area contributed by atoms with Crippen molar-refractivity contribution in [3.63, 3.8) is 0 Å². The maximum Gasteiger partial charge on any atom is 0.125 e. The number of likely N-dealkylation sites (tertiary alicyclic amines) is 1. The molecule has 1 fully saturated rings. The van der Waals surface area contributed by atoms with Gasteiger partial charge >= 0.3 is 0 Å². The van der Waals surface area contributed by atoms with E-state index >= 15 is 0 Å². The van der Waals surface area contributed by atoms with Crippen LogP contribution in [0.1, 0.15) is 23.2 Å². The minimum atomic E-state index is -0.897. The third-order valence-corrected chi connectivity index (χ3v) is 4.28. The van der Waals surface area contributed by atoms with E-state index in [9.17, 15) is 5.11 Å². The number of rotatable bonds is 5. The maximum atomic E-state index is 10.6. The van der Waals surface area contributed by atoms with E-state index in [1.807, 2.05) is 6.07 Å². The first-order chi connectivity index (χ1) is 10.6. The molecule has 3 rings (SSSR count). The van der Waals surface area contributed by atoms with Crippen LogP contribution in [0, 0.1) is 13.8 Å². The predicted molar refractivity (Wildman–Crippen MR) is 82.7 cm³/mol. The number of β-amino-alcohol motifs (C(OH)–C–C–N with tert-alkyl or cyclic N) is 1. The fourth-order valence-corrected chi connectivity index (χ4v) is 3.00. The lowest BCUT2D eigenvalue weighted by atomic mass is 10.0. The Labute approximate surface area is 130 Å². The SMILES string of the molecule is Cc1cccc(C)c1OCCN1CCC(O)(c2cn[nH]n2)C1. The fourth-order valence-electron chi connectivity index (χ4n) is 3.00. The van der Waals surface area contributed by atoms with Gasteiger partial charge in [0.15, 0.2) is 0 Å². The third-order valence-electron chi connectivity index (χ3n) is 4.28. The second-order valence-electron chi connectivity index (χ2n) is 5.98. The lowest BCUT2D eigenvalue weighted by molar-refractivity contribution is 0.0403. The predicted octanol–water partition coefficient (Wildman–Crippen LogP) is 1.39. The molecule has 0 amide bonds. The van der Waals surface area contributed by atoms with Crippen molar-refractivity contribution in [2.45, 2.75) is 25.9 Å². The average Bonchev–Trinajstić information content (AvgIpc) is 3.13. The Morgan fingerprint density at radius 1 is 1.36 bits per heavy atom. The number of hydrogen-bond acceptors (Lipinski definition) is 5. The number of para-hydroxylation sites is 1. The summed E-state index contributed by atoms with van der Waals surface area (Å²) in [5, 5.41) is 21.0. The molecule has 2 N–H and O–H groups in total. The molecule has 22 heavy (non-hydrogen) atoms. The molecule has 1 aromatic heterocycles. The Morgan fingerprint density at radius 2 is 2.14 bits per heavy atom. The van der Waals surface area contributed by atoms with Gasteiger partial charge < -0.3 is 9.84 Å². The largest absolute Gasteiger partial charge is 0.492 e. The minimum absolute atomic E-state index is 0.565. The van der Waals surface area contributed by atoms with Crippen molar-refractivity contribution in [2.75, 3.05) is 26.2 Å². The van der Waals surface area contributed by atoms with Gasteiger partial charge in [0.1, 0.15) is 23.7 Å². The molecular weight excluding hydrogens is 280 g/mol. The zero-order valence-corrected chi connectivity index (χ0v) is 13.0. The molecule has 0 radical (unpaired) electrons. The Kier molecular flexibility index (Phi) is 4.13. The lowest BCUT2D eigenvalue weighted by Crippen LogP contribution is -2.33. The summed E-state index contributed by atoms with van der Waals surface area (Å²) in [6, 6.07) is 6.15. The van der Waals surface area contributed by atoms with Crippen molar-refractivity contribution in [1.29, 1.82) is 0 Å². The van der Waals surface area contributed by atoms with Gasteiger partial charge in [0, 0.05) is 19.6 Å². The van der Waals surface area contributed by atoms with Crippen LogP contribution in [-0.2, 0) is 5.60 Å². The number of aryl methyl sites for hydroxylation is 2. The summed E-state index contributed by atoms with van der Waals surface area (Å²) in [4.78, 5) is 2.20. The van der Waals surface area contributed by atoms with Gasteiger partial charge in [-0.3, -0.25) is 4.90 Å². The average molecular weight is 302 g/mol.